The molecule has 1 atom stereocenters. The van der Waals surface area contributed by atoms with Crippen molar-refractivity contribution in [1.82, 2.24) is 0 Å². The van der Waals surface area contributed by atoms with Crippen LogP contribution in [0.3, 0.4) is 0 Å². The number of furan rings is 1. The molecule has 1 aromatic heterocycles. The van der Waals surface area contributed by atoms with E-state index in [4.69, 9.17) is 4.42 Å². The van der Waals surface area contributed by atoms with E-state index < -0.39 is 0 Å². The minimum Gasteiger partial charge on any atom is -0.456 e. The van der Waals surface area contributed by atoms with Gasteiger partial charge in [-0.2, -0.15) is 0 Å². The van der Waals surface area contributed by atoms with Gasteiger partial charge in [0.15, 0.2) is 0 Å². The van der Waals surface area contributed by atoms with Crippen LogP contribution in [-0.4, -0.2) is 0 Å². The van der Waals surface area contributed by atoms with Gasteiger partial charge in [-0.1, -0.05) is 97.1 Å². The summed E-state index contributed by atoms with van der Waals surface area (Å²) >= 11 is 0. The van der Waals surface area contributed by atoms with Crippen LogP contribution in [-0.2, 0) is 5.41 Å². The summed E-state index contributed by atoms with van der Waals surface area (Å²) < 4.78 is 6.23. The Hall–Kier alpha value is -4.10. The van der Waals surface area contributed by atoms with E-state index in [1.165, 1.54) is 55.3 Å². The zero-order chi connectivity index (χ0) is 22.9. The summed E-state index contributed by atoms with van der Waals surface area (Å²) in [5, 5.41) is 2.35. The van der Waals surface area contributed by atoms with Crippen LogP contribution < -0.4 is 0 Å². The number of hydrogen-bond acceptors (Lipinski definition) is 1. The highest BCUT2D eigenvalue weighted by Gasteiger charge is 2.42. The molecule has 0 N–H and O–H groups in total. The first-order chi connectivity index (χ1) is 16.7. The molecule has 0 fully saturated rings. The summed E-state index contributed by atoms with van der Waals surface area (Å²) in [6.07, 6.45) is 0. The monoisotopic (exact) mass is 436 g/mol. The standard InChI is InChI=1S/C33H24O/c1-21-10-8-16-27-28-20-22(18-19-30(28)34-32(21)27)24-14-9-15-26-25-13-6-7-17-29(25)33(2,31(24)26)23-11-4-3-5-12-23/h3-20H,1-2H3. The molecule has 162 valence electrons. The second-order valence-electron chi connectivity index (χ2n) is 9.53. The van der Waals surface area contributed by atoms with Gasteiger partial charge in [-0.3, -0.25) is 0 Å². The van der Waals surface area contributed by atoms with Crippen LogP contribution in [0.15, 0.2) is 114 Å². The Morgan fingerprint density at radius 2 is 1.35 bits per heavy atom. The first kappa shape index (κ1) is 19.4. The number of aryl methyl sites for hydroxylation is 1. The van der Waals surface area contributed by atoms with Gasteiger partial charge in [-0.15, -0.1) is 0 Å². The predicted octanol–water partition coefficient (Wildman–Crippen LogP) is 8.90. The Bertz CT molecular complexity index is 1720. The quantitative estimate of drug-likeness (QED) is 0.264. The Morgan fingerprint density at radius 3 is 2.24 bits per heavy atom. The van der Waals surface area contributed by atoms with E-state index in [2.05, 4.69) is 123 Å². The topological polar surface area (TPSA) is 13.1 Å². The molecule has 6 aromatic rings. The average Bonchev–Trinajstić information content (AvgIpc) is 3.40. The lowest BCUT2D eigenvalue weighted by molar-refractivity contribution is 0.666. The first-order valence-corrected chi connectivity index (χ1v) is 11.9. The molecule has 0 bridgehead atoms. The first-order valence-electron chi connectivity index (χ1n) is 11.9. The Balaban J connectivity index is 1.54. The van der Waals surface area contributed by atoms with Crippen LogP contribution in [0.2, 0.25) is 0 Å². The maximum absolute atomic E-state index is 6.23. The van der Waals surface area contributed by atoms with Crippen LogP contribution in [0.4, 0.5) is 0 Å². The van der Waals surface area contributed by atoms with Crippen molar-refractivity contribution >= 4 is 21.9 Å². The van der Waals surface area contributed by atoms with Crippen LogP contribution in [0.5, 0.6) is 0 Å². The molecule has 0 spiro atoms. The van der Waals surface area contributed by atoms with E-state index in [0.29, 0.717) is 0 Å². The minimum atomic E-state index is -0.228. The fraction of sp³-hybridized carbons (Fsp3) is 0.0909. The van der Waals surface area contributed by atoms with Crippen molar-refractivity contribution in [3.05, 3.63) is 131 Å². The summed E-state index contributed by atoms with van der Waals surface area (Å²) in [6, 6.07) is 39.6. The Morgan fingerprint density at radius 1 is 0.618 bits per heavy atom. The maximum atomic E-state index is 6.23. The molecule has 0 aliphatic heterocycles. The van der Waals surface area contributed by atoms with Gasteiger partial charge in [0.25, 0.3) is 0 Å². The second kappa shape index (κ2) is 6.95. The Kier molecular flexibility index (Phi) is 3.96. The van der Waals surface area contributed by atoms with Gasteiger partial charge in [0.05, 0.1) is 0 Å². The highest BCUT2D eigenvalue weighted by atomic mass is 16.3. The van der Waals surface area contributed by atoms with E-state index in [9.17, 15) is 0 Å². The molecule has 1 heterocycles. The smallest absolute Gasteiger partial charge is 0.138 e. The van der Waals surface area contributed by atoms with Gasteiger partial charge in [0.2, 0.25) is 0 Å². The van der Waals surface area contributed by atoms with Crippen LogP contribution >= 0.6 is 0 Å². The normalized spacial score (nSPS) is 16.6. The average molecular weight is 437 g/mol. The predicted molar refractivity (Wildman–Crippen MR) is 141 cm³/mol. The minimum absolute atomic E-state index is 0.228. The molecule has 34 heavy (non-hydrogen) atoms. The fourth-order valence-electron chi connectivity index (χ4n) is 6.02. The molecule has 1 aliphatic rings. The van der Waals surface area contributed by atoms with Crippen molar-refractivity contribution in [3.8, 4) is 22.3 Å². The van der Waals surface area contributed by atoms with Crippen molar-refractivity contribution in [2.45, 2.75) is 19.3 Å². The summed E-state index contributed by atoms with van der Waals surface area (Å²) in [5.74, 6) is 0. The highest BCUT2D eigenvalue weighted by Crippen LogP contribution is 2.55. The third kappa shape index (κ3) is 2.50. The van der Waals surface area contributed by atoms with Crippen molar-refractivity contribution in [1.29, 1.82) is 0 Å². The molecule has 1 nitrogen and oxygen atoms in total. The van der Waals surface area contributed by atoms with Crippen molar-refractivity contribution < 1.29 is 4.42 Å². The second-order valence-corrected chi connectivity index (χ2v) is 9.53. The largest absolute Gasteiger partial charge is 0.456 e. The lowest BCUT2D eigenvalue weighted by Gasteiger charge is -2.30. The van der Waals surface area contributed by atoms with E-state index in [-0.39, 0.29) is 5.41 Å². The number of para-hydroxylation sites is 1. The van der Waals surface area contributed by atoms with Gasteiger partial charge in [0.1, 0.15) is 11.2 Å². The molecule has 7 rings (SSSR count). The summed E-state index contributed by atoms with van der Waals surface area (Å²) in [7, 11) is 0. The lowest BCUT2D eigenvalue weighted by Crippen LogP contribution is -2.23. The van der Waals surface area contributed by atoms with Crippen LogP contribution in [0.25, 0.3) is 44.2 Å². The zero-order valence-corrected chi connectivity index (χ0v) is 19.3. The highest BCUT2D eigenvalue weighted by molar-refractivity contribution is 6.07. The molecule has 1 aliphatic carbocycles. The van der Waals surface area contributed by atoms with Gasteiger partial charge < -0.3 is 4.42 Å². The molecule has 1 unspecified atom stereocenters. The van der Waals surface area contributed by atoms with Crippen LogP contribution in [0, 0.1) is 6.92 Å². The number of fused-ring (bicyclic) bond motifs is 6. The lowest BCUT2D eigenvalue weighted by atomic mass is 9.72. The number of benzene rings is 5. The molecule has 0 saturated heterocycles. The summed E-state index contributed by atoms with van der Waals surface area (Å²) in [4.78, 5) is 0. The third-order valence-electron chi connectivity index (χ3n) is 7.68. The van der Waals surface area contributed by atoms with E-state index in [0.717, 1.165) is 11.2 Å². The molecular formula is C33H24O. The van der Waals surface area contributed by atoms with Crippen LogP contribution in [0.1, 0.15) is 29.2 Å². The van der Waals surface area contributed by atoms with Gasteiger partial charge in [-0.05, 0) is 70.5 Å². The van der Waals surface area contributed by atoms with Crippen molar-refractivity contribution in [3.63, 3.8) is 0 Å². The van der Waals surface area contributed by atoms with E-state index >= 15 is 0 Å². The number of hydrogen-bond donors (Lipinski definition) is 0. The van der Waals surface area contributed by atoms with Gasteiger partial charge in [-0.25, -0.2) is 0 Å². The van der Waals surface area contributed by atoms with E-state index in [1.54, 1.807) is 0 Å². The fourth-order valence-corrected chi connectivity index (χ4v) is 6.02. The SMILES string of the molecule is Cc1cccc2c1oc1ccc(-c3cccc4c3C(C)(c3ccccc3)c3ccccc3-4)cc12. The maximum Gasteiger partial charge on any atom is 0.138 e. The summed E-state index contributed by atoms with van der Waals surface area (Å²) in [5.41, 5.74) is 12.1. The Labute approximate surface area is 199 Å². The molecule has 0 saturated carbocycles. The molecule has 1 heteroatoms. The molecule has 5 aromatic carbocycles. The van der Waals surface area contributed by atoms with Crippen molar-refractivity contribution in [2.24, 2.45) is 0 Å². The van der Waals surface area contributed by atoms with Crippen molar-refractivity contribution in [2.75, 3.05) is 0 Å². The molecular weight excluding hydrogens is 412 g/mol. The third-order valence-corrected chi connectivity index (χ3v) is 7.68. The number of rotatable bonds is 2. The molecule has 0 amide bonds. The van der Waals surface area contributed by atoms with Gasteiger partial charge >= 0.3 is 0 Å². The zero-order valence-electron chi connectivity index (χ0n) is 19.3. The summed E-state index contributed by atoms with van der Waals surface area (Å²) in [6.45, 7) is 4.49. The van der Waals surface area contributed by atoms with Gasteiger partial charge in [0, 0.05) is 16.2 Å². The molecule has 0 radical (unpaired) electrons. The van der Waals surface area contributed by atoms with E-state index in [1.807, 2.05) is 0 Å².